The monoisotopic (exact) mass is 312 g/mol. The highest BCUT2D eigenvalue weighted by molar-refractivity contribution is 7.99. The molecule has 0 bridgehead atoms. The number of carboxylic acids is 1. The Hall–Kier alpha value is -1.41. The first-order chi connectivity index (χ1) is 9.60. The summed E-state index contributed by atoms with van der Waals surface area (Å²) in [6.45, 7) is 4.72. The van der Waals surface area contributed by atoms with Crippen LogP contribution >= 0.6 is 23.1 Å². The molecule has 0 atom stereocenters. The molecule has 0 radical (unpaired) electrons. The van der Waals surface area contributed by atoms with Crippen LogP contribution in [0.2, 0.25) is 0 Å². The van der Waals surface area contributed by atoms with Crippen molar-refractivity contribution in [1.29, 1.82) is 0 Å². The van der Waals surface area contributed by atoms with Gasteiger partial charge in [0.1, 0.15) is 5.82 Å². The van der Waals surface area contributed by atoms with Crippen LogP contribution in [-0.4, -0.2) is 36.6 Å². The summed E-state index contributed by atoms with van der Waals surface area (Å²) in [6, 6.07) is 0. The summed E-state index contributed by atoms with van der Waals surface area (Å²) in [5.74, 6) is 0.0300. The molecule has 0 saturated heterocycles. The fourth-order valence-electron chi connectivity index (χ4n) is 1.76. The van der Waals surface area contributed by atoms with Gasteiger partial charge in [0.25, 0.3) is 0 Å². The number of aryl methyl sites for hydroxylation is 3. The number of hydrogen-bond acceptors (Lipinski definition) is 6. The molecule has 2 aromatic rings. The lowest BCUT2D eigenvalue weighted by Gasteiger charge is -2.07. The van der Waals surface area contributed by atoms with Crippen LogP contribution in [0, 0.1) is 6.92 Å². The number of aromatic nitrogens is 4. The molecule has 2 rings (SSSR count). The molecule has 1 N–H and O–H groups in total. The summed E-state index contributed by atoms with van der Waals surface area (Å²) in [5, 5.41) is 20.7. The van der Waals surface area contributed by atoms with Gasteiger partial charge in [0.2, 0.25) is 0 Å². The van der Waals surface area contributed by atoms with Crippen molar-refractivity contribution in [3.05, 3.63) is 21.9 Å². The van der Waals surface area contributed by atoms with Gasteiger partial charge in [-0.25, -0.2) is 4.98 Å². The summed E-state index contributed by atoms with van der Waals surface area (Å²) >= 11 is 2.85. The van der Waals surface area contributed by atoms with Gasteiger partial charge in [-0.1, -0.05) is 18.7 Å². The van der Waals surface area contributed by atoms with Crippen molar-refractivity contribution in [2.45, 2.75) is 38.4 Å². The SMILES string of the molecule is CCc1nnc(SCC(=O)O)n1CCc1nc(C)cs1. The lowest BCUT2D eigenvalue weighted by atomic mass is 10.4. The van der Waals surface area contributed by atoms with Crippen molar-refractivity contribution in [2.75, 3.05) is 5.75 Å². The first kappa shape index (κ1) is 15.0. The molecule has 8 heteroatoms. The number of aliphatic carboxylic acids is 1. The van der Waals surface area contributed by atoms with E-state index in [2.05, 4.69) is 15.2 Å². The molecule has 108 valence electrons. The van der Waals surface area contributed by atoms with Crippen molar-refractivity contribution in [1.82, 2.24) is 19.7 Å². The zero-order chi connectivity index (χ0) is 14.5. The second-order valence-corrected chi connectivity index (χ2v) is 6.10. The average molecular weight is 312 g/mol. The summed E-state index contributed by atoms with van der Waals surface area (Å²) in [6.07, 6.45) is 1.59. The van der Waals surface area contributed by atoms with Crippen LogP contribution in [0.5, 0.6) is 0 Å². The van der Waals surface area contributed by atoms with Gasteiger partial charge in [0.05, 0.1) is 10.8 Å². The van der Waals surface area contributed by atoms with Gasteiger partial charge in [-0.15, -0.1) is 21.5 Å². The van der Waals surface area contributed by atoms with Gasteiger partial charge in [0.15, 0.2) is 5.16 Å². The molecule has 20 heavy (non-hydrogen) atoms. The normalized spacial score (nSPS) is 10.9. The van der Waals surface area contributed by atoms with Crippen molar-refractivity contribution in [3.8, 4) is 0 Å². The summed E-state index contributed by atoms with van der Waals surface area (Å²) in [5.41, 5.74) is 1.03. The fraction of sp³-hybridized carbons (Fsp3) is 0.500. The van der Waals surface area contributed by atoms with Gasteiger partial charge in [0, 0.05) is 30.5 Å². The number of carbonyl (C=O) groups is 1. The number of rotatable bonds is 7. The maximum atomic E-state index is 10.7. The van der Waals surface area contributed by atoms with Crippen LogP contribution in [0.25, 0.3) is 0 Å². The molecule has 0 fully saturated rings. The van der Waals surface area contributed by atoms with Gasteiger partial charge in [-0.2, -0.15) is 0 Å². The van der Waals surface area contributed by atoms with E-state index < -0.39 is 5.97 Å². The highest BCUT2D eigenvalue weighted by atomic mass is 32.2. The molecule has 0 amide bonds. The molecular formula is C12H16N4O2S2. The molecule has 2 aromatic heterocycles. The number of hydrogen-bond donors (Lipinski definition) is 1. The second kappa shape index (κ2) is 6.85. The van der Waals surface area contributed by atoms with Crippen molar-refractivity contribution in [3.63, 3.8) is 0 Å². The molecule has 6 nitrogen and oxygen atoms in total. The fourth-order valence-corrected chi connectivity index (χ4v) is 3.23. The van der Waals surface area contributed by atoms with E-state index in [-0.39, 0.29) is 5.75 Å². The maximum Gasteiger partial charge on any atom is 0.313 e. The predicted octanol–water partition coefficient (Wildman–Crippen LogP) is 2.02. The molecule has 2 heterocycles. The van der Waals surface area contributed by atoms with Gasteiger partial charge in [-0.3, -0.25) is 4.79 Å². The molecule has 0 spiro atoms. The van der Waals surface area contributed by atoms with E-state index in [9.17, 15) is 4.79 Å². The zero-order valence-corrected chi connectivity index (χ0v) is 13.0. The third-order valence-corrected chi connectivity index (χ3v) is 4.63. The third-order valence-electron chi connectivity index (χ3n) is 2.65. The van der Waals surface area contributed by atoms with Gasteiger partial charge in [-0.05, 0) is 6.92 Å². The minimum atomic E-state index is -0.849. The van der Waals surface area contributed by atoms with Gasteiger partial charge >= 0.3 is 5.97 Å². The lowest BCUT2D eigenvalue weighted by molar-refractivity contribution is -0.133. The Morgan fingerprint density at radius 1 is 1.50 bits per heavy atom. The van der Waals surface area contributed by atoms with Crippen molar-refractivity contribution >= 4 is 29.1 Å². The minimum Gasteiger partial charge on any atom is -0.481 e. The maximum absolute atomic E-state index is 10.7. The average Bonchev–Trinajstić information content (AvgIpc) is 2.99. The first-order valence-corrected chi connectivity index (χ1v) is 8.14. The quantitative estimate of drug-likeness (QED) is 0.788. The Kier molecular flexibility index (Phi) is 5.13. The Morgan fingerprint density at radius 3 is 2.90 bits per heavy atom. The standard InChI is InChI=1S/C12H16N4O2S2/c1-3-9-14-15-12(20-7-11(17)18)16(9)5-4-10-13-8(2)6-19-10/h6H,3-5,7H2,1-2H3,(H,17,18). The number of thioether (sulfide) groups is 1. The van der Waals surface area contributed by atoms with Crippen LogP contribution in [0.4, 0.5) is 0 Å². The highest BCUT2D eigenvalue weighted by Crippen LogP contribution is 2.19. The van der Waals surface area contributed by atoms with E-state index >= 15 is 0 Å². The van der Waals surface area contributed by atoms with Crippen LogP contribution in [0.3, 0.4) is 0 Å². The Bertz CT molecular complexity index is 594. The van der Waals surface area contributed by atoms with E-state index in [0.717, 1.165) is 35.9 Å². The Balaban J connectivity index is 2.07. The smallest absolute Gasteiger partial charge is 0.313 e. The van der Waals surface area contributed by atoms with Gasteiger partial charge < -0.3 is 9.67 Å². The van der Waals surface area contributed by atoms with Crippen LogP contribution in [0.1, 0.15) is 23.4 Å². The molecule has 0 unspecified atom stereocenters. The molecule has 0 aliphatic heterocycles. The molecule has 0 aliphatic carbocycles. The lowest BCUT2D eigenvalue weighted by Crippen LogP contribution is -2.08. The second-order valence-electron chi connectivity index (χ2n) is 4.22. The summed E-state index contributed by atoms with van der Waals surface area (Å²) in [7, 11) is 0. The van der Waals surface area contributed by atoms with E-state index in [0.29, 0.717) is 5.16 Å². The highest BCUT2D eigenvalue weighted by Gasteiger charge is 2.13. The predicted molar refractivity (Wildman–Crippen MR) is 78.3 cm³/mol. The molecule has 0 aromatic carbocycles. The summed E-state index contributed by atoms with van der Waals surface area (Å²) in [4.78, 5) is 15.1. The summed E-state index contributed by atoms with van der Waals surface area (Å²) < 4.78 is 1.99. The number of carboxylic acid groups (broad SMARTS) is 1. The Morgan fingerprint density at radius 2 is 2.30 bits per heavy atom. The van der Waals surface area contributed by atoms with Crippen LogP contribution in [0.15, 0.2) is 10.5 Å². The molecular weight excluding hydrogens is 296 g/mol. The number of nitrogens with zero attached hydrogens (tertiary/aromatic N) is 4. The third kappa shape index (κ3) is 3.80. The Labute approximate surface area is 125 Å². The zero-order valence-electron chi connectivity index (χ0n) is 11.4. The topological polar surface area (TPSA) is 80.9 Å². The van der Waals surface area contributed by atoms with Crippen molar-refractivity contribution in [2.24, 2.45) is 0 Å². The van der Waals surface area contributed by atoms with Crippen LogP contribution < -0.4 is 0 Å². The van der Waals surface area contributed by atoms with Crippen molar-refractivity contribution < 1.29 is 9.90 Å². The first-order valence-electron chi connectivity index (χ1n) is 6.27. The van der Waals surface area contributed by atoms with E-state index in [1.165, 1.54) is 11.8 Å². The van der Waals surface area contributed by atoms with E-state index in [4.69, 9.17) is 5.11 Å². The largest absolute Gasteiger partial charge is 0.481 e. The van der Waals surface area contributed by atoms with E-state index in [1.54, 1.807) is 11.3 Å². The molecule has 0 saturated carbocycles. The number of thiazole rings is 1. The molecule has 0 aliphatic rings. The van der Waals surface area contributed by atoms with Crippen LogP contribution in [-0.2, 0) is 24.2 Å². The minimum absolute atomic E-state index is 0.00178. The van der Waals surface area contributed by atoms with E-state index in [1.807, 2.05) is 23.8 Å².